The van der Waals surface area contributed by atoms with E-state index in [9.17, 15) is 9.90 Å². The first-order valence-corrected chi connectivity index (χ1v) is 24.6. The van der Waals surface area contributed by atoms with Crippen LogP contribution in [0.3, 0.4) is 0 Å². The molecular weight excluding hydrogens is 677 g/mol. The Balaban J connectivity index is 3.39. The lowest BCUT2D eigenvalue weighted by molar-refractivity contribution is -0.154. The number of allylic oxidation sites excluding steroid dienone is 6. The lowest BCUT2D eigenvalue weighted by Gasteiger charge is -2.16. The van der Waals surface area contributed by atoms with E-state index in [1.807, 2.05) is 0 Å². The standard InChI is InChI=1S/C51H96O4/c1-3-5-7-9-11-13-15-17-19-21-23-25-26-27-28-30-32-34-36-38-40-42-44-46-51(53)55-50(48-52)49-54-47-45-43-41-39-37-35-33-31-29-24-22-20-18-16-14-12-10-8-6-4-2/h12,14,18,20,24,29,50,52H,3-11,13,15-17,19,21-23,25-28,30-49H2,1-2H3/b14-12-,20-18-,29-24-. The summed E-state index contributed by atoms with van der Waals surface area (Å²) < 4.78 is 11.2. The molecule has 0 aromatic carbocycles. The summed E-state index contributed by atoms with van der Waals surface area (Å²) >= 11 is 0. The average molecular weight is 773 g/mol. The third-order valence-corrected chi connectivity index (χ3v) is 11.0. The Morgan fingerprint density at radius 2 is 0.764 bits per heavy atom. The Kier molecular flexibility index (Phi) is 47.5. The molecule has 0 heterocycles. The maximum absolute atomic E-state index is 12.3. The Morgan fingerprint density at radius 3 is 1.18 bits per heavy atom. The van der Waals surface area contributed by atoms with Gasteiger partial charge in [0.15, 0.2) is 0 Å². The van der Waals surface area contributed by atoms with Crippen molar-refractivity contribution in [3.8, 4) is 0 Å². The highest BCUT2D eigenvalue weighted by Crippen LogP contribution is 2.16. The van der Waals surface area contributed by atoms with Gasteiger partial charge < -0.3 is 14.6 Å². The number of aliphatic hydroxyl groups is 1. The van der Waals surface area contributed by atoms with Gasteiger partial charge in [-0.05, 0) is 51.4 Å². The number of carbonyl (C=O) groups excluding carboxylic acids is 1. The van der Waals surface area contributed by atoms with Crippen molar-refractivity contribution in [3.63, 3.8) is 0 Å². The summed E-state index contributed by atoms with van der Waals surface area (Å²) in [6.07, 6.45) is 62.3. The van der Waals surface area contributed by atoms with Gasteiger partial charge in [0.25, 0.3) is 0 Å². The van der Waals surface area contributed by atoms with Gasteiger partial charge in [-0.3, -0.25) is 4.79 Å². The number of rotatable bonds is 46. The van der Waals surface area contributed by atoms with Crippen LogP contribution in [0.1, 0.15) is 258 Å². The number of hydrogen-bond donors (Lipinski definition) is 1. The number of aliphatic hydroxyl groups excluding tert-OH is 1. The molecule has 0 aromatic rings. The van der Waals surface area contributed by atoms with Crippen LogP contribution in [0, 0.1) is 0 Å². The van der Waals surface area contributed by atoms with Gasteiger partial charge in [0.1, 0.15) is 6.10 Å². The van der Waals surface area contributed by atoms with Gasteiger partial charge in [-0.15, -0.1) is 0 Å². The van der Waals surface area contributed by atoms with E-state index in [1.54, 1.807) is 0 Å². The first-order valence-electron chi connectivity index (χ1n) is 24.6. The summed E-state index contributed by atoms with van der Waals surface area (Å²) in [5.74, 6) is -0.199. The Morgan fingerprint density at radius 1 is 0.436 bits per heavy atom. The largest absolute Gasteiger partial charge is 0.457 e. The van der Waals surface area contributed by atoms with Gasteiger partial charge >= 0.3 is 5.97 Å². The summed E-state index contributed by atoms with van der Waals surface area (Å²) in [4.78, 5) is 12.3. The average Bonchev–Trinajstić information content (AvgIpc) is 3.19. The molecule has 55 heavy (non-hydrogen) atoms. The summed E-state index contributed by atoms with van der Waals surface area (Å²) in [5, 5.41) is 9.64. The van der Waals surface area contributed by atoms with E-state index in [-0.39, 0.29) is 12.6 Å². The number of unbranched alkanes of at least 4 members (excludes halogenated alkanes) is 32. The third kappa shape index (κ3) is 46.9. The van der Waals surface area contributed by atoms with Crippen LogP contribution in [-0.4, -0.2) is 37.0 Å². The van der Waals surface area contributed by atoms with Crippen LogP contribution < -0.4 is 0 Å². The number of ether oxygens (including phenoxy) is 2. The van der Waals surface area contributed by atoms with E-state index >= 15 is 0 Å². The molecule has 0 saturated heterocycles. The second kappa shape index (κ2) is 48.8. The second-order valence-corrected chi connectivity index (χ2v) is 16.5. The van der Waals surface area contributed by atoms with Crippen molar-refractivity contribution < 1.29 is 19.4 Å². The molecule has 4 nitrogen and oxygen atoms in total. The fraction of sp³-hybridized carbons (Fsp3) is 0.863. The molecule has 0 aliphatic rings. The first-order chi connectivity index (χ1) is 27.2. The van der Waals surface area contributed by atoms with Gasteiger partial charge in [-0.2, -0.15) is 0 Å². The van der Waals surface area contributed by atoms with Gasteiger partial charge in [0, 0.05) is 13.0 Å². The molecule has 1 atom stereocenters. The highest BCUT2D eigenvalue weighted by atomic mass is 16.6. The van der Waals surface area contributed by atoms with Gasteiger partial charge in [0.05, 0.1) is 13.2 Å². The third-order valence-electron chi connectivity index (χ3n) is 11.0. The topological polar surface area (TPSA) is 55.8 Å². The van der Waals surface area contributed by atoms with Crippen LogP contribution in [-0.2, 0) is 14.3 Å². The molecule has 0 amide bonds. The molecule has 1 N–H and O–H groups in total. The molecule has 0 aromatic heterocycles. The Hall–Kier alpha value is -1.39. The van der Waals surface area contributed by atoms with Crippen molar-refractivity contribution in [2.45, 2.75) is 264 Å². The van der Waals surface area contributed by atoms with E-state index in [0.717, 1.165) is 32.1 Å². The minimum Gasteiger partial charge on any atom is -0.457 e. The normalized spacial score (nSPS) is 12.6. The molecule has 324 valence electrons. The van der Waals surface area contributed by atoms with E-state index in [1.165, 1.54) is 205 Å². The first kappa shape index (κ1) is 53.6. The lowest BCUT2D eigenvalue weighted by atomic mass is 10.0. The summed E-state index contributed by atoms with van der Waals surface area (Å²) in [6, 6.07) is 0. The molecule has 0 bridgehead atoms. The SMILES string of the molecule is CCCCC/C=C\C/C=C\C/C=C\CCCCCCCCCOCC(CO)OC(=O)CCCCCCCCCCCCCCCCCCCCCCCCC. The zero-order valence-corrected chi connectivity index (χ0v) is 37.2. The fourth-order valence-corrected chi connectivity index (χ4v) is 7.28. The van der Waals surface area contributed by atoms with Gasteiger partial charge in [0.2, 0.25) is 0 Å². The van der Waals surface area contributed by atoms with Crippen molar-refractivity contribution in [1.82, 2.24) is 0 Å². The molecule has 0 rings (SSSR count). The second-order valence-electron chi connectivity index (χ2n) is 16.5. The molecule has 0 spiro atoms. The van der Waals surface area contributed by atoms with Gasteiger partial charge in [-0.25, -0.2) is 0 Å². The Bertz CT molecular complexity index is 818. The summed E-state index contributed by atoms with van der Waals surface area (Å²) in [7, 11) is 0. The van der Waals surface area contributed by atoms with Crippen molar-refractivity contribution in [2.24, 2.45) is 0 Å². The van der Waals surface area contributed by atoms with Crippen molar-refractivity contribution in [1.29, 1.82) is 0 Å². The number of hydrogen-bond acceptors (Lipinski definition) is 4. The van der Waals surface area contributed by atoms with Crippen molar-refractivity contribution in [2.75, 3.05) is 19.8 Å². The van der Waals surface area contributed by atoms with Crippen molar-refractivity contribution >= 4 is 5.97 Å². The summed E-state index contributed by atoms with van der Waals surface area (Å²) in [5.41, 5.74) is 0. The Labute approximate surface area is 344 Å². The van der Waals surface area contributed by atoms with E-state index in [2.05, 4.69) is 50.3 Å². The fourth-order valence-electron chi connectivity index (χ4n) is 7.28. The molecule has 0 saturated carbocycles. The zero-order valence-electron chi connectivity index (χ0n) is 37.2. The number of esters is 1. The molecule has 0 aliphatic carbocycles. The highest BCUT2D eigenvalue weighted by Gasteiger charge is 2.13. The van der Waals surface area contributed by atoms with Crippen LogP contribution in [0.25, 0.3) is 0 Å². The quantitative estimate of drug-likeness (QED) is 0.0380. The van der Waals surface area contributed by atoms with E-state index in [4.69, 9.17) is 9.47 Å². The molecular formula is C51H96O4. The summed E-state index contributed by atoms with van der Waals surface area (Å²) in [6.45, 7) is 5.34. The molecule has 0 aliphatic heterocycles. The zero-order chi connectivity index (χ0) is 39.8. The minimum absolute atomic E-state index is 0.173. The van der Waals surface area contributed by atoms with Crippen LogP contribution in [0.4, 0.5) is 0 Å². The molecule has 4 heteroatoms. The maximum atomic E-state index is 12.3. The van der Waals surface area contributed by atoms with E-state index in [0.29, 0.717) is 19.6 Å². The molecule has 1 unspecified atom stereocenters. The van der Waals surface area contributed by atoms with Crippen molar-refractivity contribution in [3.05, 3.63) is 36.5 Å². The maximum Gasteiger partial charge on any atom is 0.306 e. The molecule has 0 fully saturated rings. The lowest BCUT2D eigenvalue weighted by Crippen LogP contribution is -2.27. The number of carbonyl (C=O) groups is 1. The van der Waals surface area contributed by atoms with Crippen LogP contribution in [0.5, 0.6) is 0 Å². The van der Waals surface area contributed by atoms with Gasteiger partial charge in [-0.1, -0.05) is 237 Å². The molecule has 0 radical (unpaired) electrons. The highest BCUT2D eigenvalue weighted by molar-refractivity contribution is 5.69. The smallest absolute Gasteiger partial charge is 0.306 e. The monoisotopic (exact) mass is 773 g/mol. The minimum atomic E-state index is -0.538. The van der Waals surface area contributed by atoms with Crippen LogP contribution in [0.2, 0.25) is 0 Å². The van der Waals surface area contributed by atoms with Crippen LogP contribution in [0.15, 0.2) is 36.5 Å². The predicted molar refractivity (Wildman–Crippen MR) is 242 cm³/mol. The van der Waals surface area contributed by atoms with E-state index < -0.39 is 6.10 Å². The van der Waals surface area contributed by atoms with Crippen LogP contribution >= 0.6 is 0 Å². The predicted octanol–water partition coefficient (Wildman–Crippen LogP) is 16.4.